The highest BCUT2D eigenvalue weighted by Crippen LogP contribution is 2.34. The summed E-state index contributed by atoms with van der Waals surface area (Å²) in [4.78, 5) is 0. The van der Waals surface area contributed by atoms with E-state index < -0.39 is 0 Å². The van der Waals surface area contributed by atoms with Crippen LogP contribution in [0, 0.1) is 11.3 Å². The molecule has 0 aromatic heterocycles. The summed E-state index contributed by atoms with van der Waals surface area (Å²) >= 11 is 0. The van der Waals surface area contributed by atoms with Crippen molar-refractivity contribution in [2.24, 2.45) is 11.3 Å². The minimum atomic E-state index is 0.567. The zero-order valence-corrected chi connectivity index (χ0v) is 15.1. The van der Waals surface area contributed by atoms with Crippen LogP contribution in [0.3, 0.4) is 0 Å². The molecule has 122 valence electrons. The smallest absolute Gasteiger partial charge is 0.000781 e. The van der Waals surface area contributed by atoms with Gasteiger partial charge >= 0.3 is 0 Å². The van der Waals surface area contributed by atoms with Gasteiger partial charge in [0, 0.05) is 6.54 Å². The zero-order chi connectivity index (χ0) is 15.3. The molecule has 0 fully saturated rings. The molecular formula is C19H41N. The minimum Gasteiger partial charge on any atom is -0.316 e. The Morgan fingerprint density at radius 2 is 1.40 bits per heavy atom. The summed E-state index contributed by atoms with van der Waals surface area (Å²) in [5.74, 6) is 0.764. The van der Waals surface area contributed by atoms with Gasteiger partial charge in [0.05, 0.1) is 0 Å². The average molecular weight is 284 g/mol. The lowest BCUT2D eigenvalue weighted by molar-refractivity contribution is 0.202. The van der Waals surface area contributed by atoms with E-state index in [0.29, 0.717) is 5.41 Å². The van der Waals surface area contributed by atoms with E-state index in [1.807, 2.05) is 0 Å². The molecule has 0 rings (SSSR count). The van der Waals surface area contributed by atoms with Gasteiger partial charge in [0.25, 0.3) is 0 Å². The molecule has 0 heterocycles. The lowest BCUT2D eigenvalue weighted by atomic mass is 9.75. The van der Waals surface area contributed by atoms with Crippen molar-refractivity contribution in [1.29, 1.82) is 0 Å². The lowest BCUT2D eigenvalue weighted by Crippen LogP contribution is -2.35. The molecule has 1 heteroatoms. The Kier molecular flexibility index (Phi) is 12.7. The highest BCUT2D eigenvalue weighted by atomic mass is 14.9. The van der Waals surface area contributed by atoms with Crippen molar-refractivity contribution < 1.29 is 0 Å². The summed E-state index contributed by atoms with van der Waals surface area (Å²) in [6.45, 7) is 14.0. The molecule has 1 unspecified atom stereocenters. The van der Waals surface area contributed by atoms with Crippen LogP contribution >= 0.6 is 0 Å². The van der Waals surface area contributed by atoms with E-state index in [9.17, 15) is 0 Å². The van der Waals surface area contributed by atoms with Crippen molar-refractivity contribution in [3.63, 3.8) is 0 Å². The van der Waals surface area contributed by atoms with E-state index in [1.54, 1.807) is 0 Å². The van der Waals surface area contributed by atoms with E-state index in [2.05, 4.69) is 39.9 Å². The lowest BCUT2D eigenvalue weighted by Gasteiger charge is -2.34. The van der Waals surface area contributed by atoms with E-state index in [4.69, 9.17) is 0 Å². The van der Waals surface area contributed by atoms with Gasteiger partial charge in [-0.1, -0.05) is 79.6 Å². The van der Waals surface area contributed by atoms with Gasteiger partial charge in [0.1, 0.15) is 0 Å². The maximum absolute atomic E-state index is 3.74. The van der Waals surface area contributed by atoms with Crippen molar-refractivity contribution >= 4 is 0 Å². The molecule has 1 nitrogen and oxygen atoms in total. The molecule has 0 saturated heterocycles. The van der Waals surface area contributed by atoms with Crippen LogP contribution in [0.4, 0.5) is 0 Å². The van der Waals surface area contributed by atoms with Gasteiger partial charge in [-0.25, -0.2) is 0 Å². The molecular weight excluding hydrogens is 242 g/mol. The van der Waals surface area contributed by atoms with E-state index >= 15 is 0 Å². The molecule has 1 N–H and O–H groups in total. The van der Waals surface area contributed by atoms with Crippen LogP contribution in [0.25, 0.3) is 0 Å². The Labute approximate surface area is 129 Å². The topological polar surface area (TPSA) is 12.0 Å². The third kappa shape index (κ3) is 9.80. The van der Waals surface area contributed by atoms with Gasteiger partial charge in [-0.05, 0) is 37.1 Å². The molecule has 0 aromatic rings. The summed E-state index contributed by atoms with van der Waals surface area (Å²) in [5.41, 5.74) is 0.567. The molecule has 0 bridgehead atoms. The van der Waals surface area contributed by atoms with Gasteiger partial charge in [0.2, 0.25) is 0 Å². The molecule has 0 aliphatic carbocycles. The van der Waals surface area contributed by atoms with E-state index in [-0.39, 0.29) is 0 Å². The SMILES string of the molecule is CCCCCCCC(CC)(CCCC)CNCC(C)C. The van der Waals surface area contributed by atoms with Crippen LogP contribution < -0.4 is 5.32 Å². The average Bonchev–Trinajstić information content (AvgIpc) is 2.43. The summed E-state index contributed by atoms with van der Waals surface area (Å²) in [7, 11) is 0. The highest BCUT2D eigenvalue weighted by Gasteiger charge is 2.26. The minimum absolute atomic E-state index is 0.567. The van der Waals surface area contributed by atoms with Crippen LogP contribution in [0.2, 0.25) is 0 Å². The molecule has 1 atom stereocenters. The van der Waals surface area contributed by atoms with Crippen molar-refractivity contribution in [1.82, 2.24) is 5.32 Å². The van der Waals surface area contributed by atoms with Crippen LogP contribution in [-0.4, -0.2) is 13.1 Å². The first-order valence-corrected chi connectivity index (χ1v) is 9.31. The van der Waals surface area contributed by atoms with E-state index in [1.165, 1.54) is 77.3 Å². The Morgan fingerprint density at radius 3 is 1.95 bits per heavy atom. The van der Waals surface area contributed by atoms with Crippen molar-refractivity contribution in [2.45, 2.75) is 98.8 Å². The third-order valence-corrected chi connectivity index (χ3v) is 4.67. The summed E-state index contributed by atoms with van der Waals surface area (Å²) in [5, 5.41) is 3.74. The molecule has 0 spiro atoms. The van der Waals surface area contributed by atoms with E-state index in [0.717, 1.165) is 5.92 Å². The quantitative estimate of drug-likeness (QED) is 0.375. The predicted octanol–water partition coefficient (Wildman–Crippen LogP) is 6.18. The number of rotatable bonds is 14. The largest absolute Gasteiger partial charge is 0.316 e. The highest BCUT2D eigenvalue weighted by molar-refractivity contribution is 4.80. The van der Waals surface area contributed by atoms with Gasteiger partial charge in [-0.2, -0.15) is 0 Å². The Morgan fingerprint density at radius 1 is 0.800 bits per heavy atom. The van der Waals surface area contributed by atoms with Gasteiger partial charge < -0.3 is 5.32 Å². The second kappa shape index (κ2) is 12.7. The number of hydrogen-bond donors (Lipinski definition) is 1. The first-order chi connectivity index (χ1) is 9.60. The fourth-order valence-electron chi connectivity index (χ4n) is 3.06. The van der Waals surface area contributed by atoms with Crippen LogP contribution in [0.5, 0.6) is 0 Å². The van der Waals surface area contributed by atoms with Gasteiger partial charge in [-0.15, -0.1) is 0 Å². The van der Waals surface area contributed by atoms with Crippen LogP contribution in [0.1, 0.15) is 98.8 Å². The Balaban J connectivity index is 4.19. The van der Waals surface area contributed by atoms with Crippen LogP contribution in [0.15, 0.2) is 0 Å². The normalized spacial score (nSPS) is 14.7. The first-order valence-electron chi connectivity index (χ1n) is 9.31. The van der Waals surface area contributed by atoms with Gasteiger partial charge in [0.15, 0.2) is 0 Å². The molecule has 0 aliphatic heterocycles. The molecule has 0 aliphatic rings. The standard InChI is InChI=1S/C19H41N/c1-6-9-11-12-13-15-19(8-3,14-10-7-2)17-20-16-18(4)5/h18,20H,6-17H2,1-5H3. The first kappa shape index (κ1) is 20.0. The fraction of sp³-hybridized carbons (Fsp3) is 1.00. The number of hydrogen-bond acceptors (Lipinski definition) is 1. The molecule has 20 heavy (non-hydrogen) atoms. The zero-order valence-electron chi connectivity index (χ0n) is 15.1. The maximum Gasteiger partial charge on any atom is 0.000781 e. The molecule has 0 saturated carbocycles. The number of nitrogens with one attached hydrogen (secondary N) is 1. The summed E-state index contributed by atoms with van der Waals surface area (Å²) in [6, 6.07) is 0. The maximum atomic E-state index is 3.74. The van der Waals surface area contributed by atoms with Crippen molar-refractivity contribution in [2.75, 3.05) is 13.1 Å². The number of unbranched alkanes of at least 4 members (excludes halogenated alkanes) is 5. The Bertz CT molecular complexity index is 200. The fourth-order valence-corrected chi connectivity index (χ4v) is 3.06. The third-order valence-electron chi connectivity index (χ3n) is 4.67. The Hall–Kier alpha value is -0.0400. The molecule has 0 amide bonds. The summed E-state index contributed by atoms with van der Waals surface area (Å²) in [6.07, 6.45) is 14.0. The molecule has 0 radical (unpaired) electrons. The van der Waals surface area contributed by atoms with Crippen molar-refractivity contribution in [3.05, 3.63) is 0 Å². The predicted molar refractivity (Wildman–Crippen MR) is 93.3 cm³/mol. The second-order valence-electron chi connectivity index (χ2n) is 7.15. The second-order valence-corrected chi connectivity index (χ2v) is 7.15. The van der Waals surface area contributed by atoms with Crippen molar-refractivity contribution in [3.8, 4) is 0 Å². The monoisotopic (exact) mass is 283 g/mol. The molecule has 0 aromatic carbocycles. The van der Waals surface area contributed by atoms with Gasteiger partial charge in [-0.3, -0.25) is 0 Å². The van der Waals surface area contributed by atoms with Crippen LogP contribution in [-0.2, 0) is 0 Å². The summed E-state index contributed by atoms with van der Waals surface area (Å²) < 4.78 is 0.